The van der Waals surface area contributed by atoms with E-state index in [2.05, 4.69) is 21.3 Å². The van der Waals surface area contributed by atoms with Crippen molar-refractivity contribution in [2.75, 3.05) is 48.8 Å². The third-order valence-corrected chi connectivity index (χ3v) is 5.64. The Labute approximate surface area is 197 Å². The van der Waals surface area contributed by atoms with E-state index in [9.17, 15) is 15.2 Å². The summed E-state index contributed by atoms with van der Waals surface area (Å²) >= 11 is 0. The maximum absolute atomic E-state index is 12.4. The molecule has 2 aromatic carbocycles. The molecule has 0 bridgehead atoms. The van der Waals surface area contributed by atoms with Gasteiger partial charge in [0.15, 0.2) is 0 Å². The Morgan fingerprint density at radius 1 is 1.18 bits per heavy atom. The van der Waals surface area contributed by atoms with Crippen molar-refractivity contribution in [3.63, 3.8) is 0 Å². The lowest BCUT2D eigenvalue weighted by Crippen LogP contribution is -2.36. The Morgan fingerprint density at radius 3 is 2.65 bits per heavy atom. The topological polar surface area (TPSA) is 151 Å². The molecule has 0 spiro atoms. The fourth-order valence-corrected chi connectivity index (χ4v) is 3.97. The quantitative estimate of drug-likeness (QED) is 0.440. The zero-order valence-corrected chi connectivity index (χ0v) is 18.6. The number of nitriles is 1. The van der Waals surface area contributed by atoms with Gasteiger partial charge in [-0.3, -0.25) is 4.79 Å². The molecule has 1 amide bonds. The van der Waals surface area contributed by atoms with Crippen LogP contribution in [0.5, 0.6) is 5.75 Å². The number of nitrogen functional groups attached to an aromatic ring is 1. The predicted octanol–water partition coefficient (Wildman–Crippen LogP) is 2.70. The van der Waals surface area contributed by atoms with E-state index >= 15 is 0 Å². The molecule has 2 heterocycles. The Bertz CT molecular complexity index is 1250. The summed E-state index contributed by atoms with van der Waals surface area (Å²) in [6.45, 7) is 2.83. The molecular weight excluding hydrogens is 432 g/mol. The average molecular weight is 459 g/mol. The summed E-state index contributed by atoms with van der Waals surface area (Å²) in [5.74, 6) is -0.0782. The second-order valence-electron chi connectivity index (χ2n) is 7.86. The number of aromatic hydroxyl groups is 1. The summed E-state index contributed by atoms with van der Waals surface area (Å²) in [6.07, 6.45) is 0.190. The van der Waals surface area contributed by atoms with Crippen LogP contribution < -0.4 is 21.7 Å². The molecule has 1 aliphatic rings. The zero-order chi connectivity index (χ0) is 24.1. The summed E-state index contributed by atoms with van der Waals surface area (Å²) in [5, 5.41) is 23.0. The zero-order valence-electron chi connectivity index (χ0n) is 18.6. The van der Waals surface area contributed by atoms with Gasteiger partial charge in [-0.15, -0.1) is 0 Å². The van der Waals surface area contributed by atoms with Crippen molar-refractivity contribution in [1.82, 2.24) is 4.98 Å². The van der Waals surface area contributed by atoms with Gasteiger partial charge in [-0.05, 0) is 35.9 Å². The number of amides is 1. The standard InChI is InChI=1S/C25H26N6O3/c26-8-7-24(33)29-21-13-16(5-6-22(21)31-9-11-34-12-10-31)18-14-20(30-25(28)19(18)15-27)17-3-1-2-4-23(17)32/h1-6,13-14,32H,7-12,26H2,(H2,28,30)(H,29,33). The maximum Gasteiger partial charge on any atom is 0.225 e. The van der Waals surface area contributed by atoms with E-state index in [1.807, 2.05) is 18.2 Å². The number of hydrogen-bond acceptors (Lipinski definition) is 8. The van der Waals surface area contributed by atoms with Crippen molar-refractivity contribution >= 4 is 23.1 Å². The van der Waals surface area contributed by atoms with E-state index in [4.69, 9.17) is 16.2 Å². The molecule has 1 aliphatic heterocycles. The highest BCUT2D eigenvalue weighted by atomic mass is 16.5. The number of pyridine rings is 1. The Balaban J connectivity index is 1.84. The minimum absolute atomic E-state index is 0.0578. The largest absolute Gasteiger partial charge is 0.507 e. The van der Waals surface area contributed by atoms with Crippen LogP contribution in [0.4, 0.5) is 17.2 Å². The van der Waals surface area contributed by atoms with Gasteiger partial charge in [-0.2, -0.15) is 5.26 Å². The number of carbonyl (C=O) groups excluding carboxylic acids is 1. The minimum Gasteiger partial charge on any atom is -0.507 e. The number of phenols is 1. The predicted molar refractivity (Wildman–Crippen MR) is 131 cm³/mol. The number of benzene rings is 2. The number of ether oxygens (including phenoxy) is 1. The molecule has 0 atom stereocenters. The summed E-state index contributed by atoms with van der Waals surface area (Å²) < 4.78 is 5.46. The van der Waals surface area contributed by atoms with Crippen molar-refractivity contribution in [1.29, 1.82) is 5.26 Å². The van der Waals surface area contributed by atoms with Crippen molar-refractivity contribution in [2.24, 2.45) is 5.73 Å². The normalized spacial score (nSPS) is 13.4. The number of nitrogens with two attached hydrogens (primary N) is 2. The van der Waals surface area contributed by atoms with E-state index in [1.54, 1.807) is 30.3 Å². The van der Waals surface area contributed by atoms with E-state index in [1.165, 1.54) is 0 Å². The molecule has 0 unspecified atom stereocenters. The first kappa shape index (κ1) is 23.0. The summed E-state index contributed by atoms with van der Waals surface area (Å²) in [6, 6.07) is 16.3. The summed E-state index contributed by atoms with van der Waals surface area (Å²) in [4.78, 5) is 18.9. The molecule has 4 rings (SSSR count). The van der Waals surface area contributed by atoms with Gasteiger partial charge in [0.1, 0.15) is 23.2 Å². The molecule has 0 radical (unpaired) electrons. The number of hydrogen-bond donors (Lipinski definition) is 4. The van der Waals surface area contributed by atoms with Gasteiger partial charge in [0.05, 0.1) is 30.3 Å². The van der Waals surface area contributed by atoms with Crippen LogP contribution in [-0.2, 0) is 9.53 Å². The smallest absolute Gasteiger partial charge is 0.225 e. The number of aromatic nitrogens is 1. The van der Waals surface area contributed by atoms with E-state index in [-0.39, 0.29) is 36.0 Å². The van der Waals surface area contributed by atoms with Crippen molar-refractivity contribution in [3.05, 3.63) is 54.1 Å². The van der Waals surface area contributed by atoms with Gasteiger partial charge >= 0.3 is 0 Å². The Kier molecular flexibility index (Phi) is 6.92. The molecular formula is C25H26N6O3. The Hall–Kier alpha value is -4.13. The number of carbonyl (C=O) groups is 1. The van der Waals surface area contributed by atoms with Gasteiger partial charge in [-0.1, -0.05) is 18.2 Å². The van der Waals surface area contributed by atoms with Crippen LogP contribution in [0.3, 0.4) is 0 Å². The lowest BCUT2D eigenvalue weighted by atomic mass is 9.97. The third-order valence-electron chi connectivity index (χ3n) is 5.64. The highest BCUT2D eigenvalue weighted by Gasteiger charge is 2.20. The molecule has 3 aromatic rings. The second-order valence-corrected chi connectivity index (χ2v) is 7.86. The van der Waals surface area contributed by atoms with Crippen molar-refractivity contribution < 1.29 is 14.6 Å². The molecule has 9 heteroatoms. The first-order valence-corrected chi connectivity index (χ1v) is 11.0. The molecule has 34 heavy (non-hydrogen) atoms. The molecule has 9 nitrogen and oxygen atoms in total. The maximum atomic E-state index is 12.4. The van der Waals surface area contributed by atoms with Crippen LogP contribution >= 0.6 is 0 Å². The number of nitrogens with one attached hydrogen (secondary N) is 1. The van der Waals surface area contributed by atoms with Gasteiger partial charge in [0.2, 0.25) is 5.91 Å². The molecule has 174 valence electrons. The molecule has 0 saturated carbocycles. The SMILES string of the molecule is N#Cc1c(-c2ccc(N3CCOCC3)c(NC(=O)CCN)c2)cc(-c2ccccc2O)nc1N. The molecule has 1 aromatic heterocycles. The van der Waals surface area contributed by atoms with Crippen LogP contribution in [0, 0.1) is 11.3 Å². The summed E-state index contributed by atoms with van der Waals surface area (Å²) in [7, 11) is 0. The minimum atomic E-state index is -0.196. The number of rotatable bonds is 6. The van der Waals surface area contributed by atoms with Crippen molar-refractivity contribution in [2.45, 2.75) is 6.42 Å². The Morgan fingerprint density at radius 2 is 1.94 bits per heavy atom. The monoisotopic (exact) mass is 458 g/mol. The van der Waals surface area contributed by atoms with Gasteiger partial charge in [0, 0.05) is 37.2 Å². The first-order chi connectivity index (χ1) is 16.5. The van der Waals surface area contributed by atoms with E-state index in [0.717, 1.165) is 5.69 Å². The van der Waals surface area contributed by atoms with Crippen LogP contribution in [0.1, 0.15) is 12.0 Å². The number of anilines is 3. The molecule has 0 aliphatic carbocycles. The van der Waals surface area contributed by atoms with E-state index < -0.39 is 0 Å². The molecule has 1 saturated heterocycles. The van der Waals surface area contributed by atoms with Gasteiger partial charge < -0.3 is 31.5 Å². The second kappa shape index (κ2) is 10.2. The van der Waals surface area contributed by atoms with Crippen LogP contribution in [0.25, 0.3) is 22.4 Å². The van der Waals surface area contributed by atoms with Crippen molar-refractivity contribution in [3.8, 4) is 34.2 Å². The molecule has 6 N–H and O–H groups in total. The van der Waals surface area contributed by atoms with Crippen LogP contribution in [-0.4, -0.2) is 48.8 Å². The molecule has 1 fully saturated rings. The number of nitrogens with zero attached hydrogens (tertiary/aromatic N) is 3. The fraction of sp³-hybridized carbons (Fsp3) is 0.240. The highest BCUT2D eigenvalue weighted by Crippen LogP contribution is 2.37. The van der Waals surface area contributed by atoms with Crippen LogP contribution in [0.15, 0.2) is 48.5 Å². The summed E-state index contributed by atoms with van der Waals surface area (Å²) in [5.41, 5.74) is 15.6. The van der Waals surface area contributed by atoms with Gasteiger partial charge in [0.25, 0.3) is 0 Å². The average Bonchev–Trinajstić information content (AvgIpc) is 2.84. The number of morpholine rings is 1. The number of phenolic OH excluding ortho intramolecular Hbond substituents is 1. The first-order valence-electron chi connectivity index (χ1n) is 11.0. The number of para-hydroxylation sites is 1. The van der Waals surface area contributed by atoms with E-state index in [0.29, 0.717) is 54.4 Å². The fourth-order valence-electron chi connectivity index (χ4n) is 3.97. The van der Waals surface area contributed by atoms with Gasteiger partial charge in [-0.25, -0.2) is 4.98 Å². The lowest BCUT2D eigenvalue weighted by Gasteiger charge is -2.31. The van der Waals surface area contributed by atoms with Crippen LogP contribution in [0.2, 0.25) is 0 Å². The third kappa shape index (κ3) is 4.78. The highest BCUT2D eigenvalue weighted by molar-refractivity contribution is 5.96. The lowest BCUT2D eigenvalue weighted by molar-refractivity contribution is -0.116.